The molecule has 3 rings (SSSR count). The summed E-state index contributed by atoms with van der Waals surface area (Å²) in [4.78, 5) is 26.1. The highest BCUT2D eigenvalue weighted by molar-refractivity contribution is 7.99. The van der Waals surface area contributed by atoms with Crippen LogP contribution in [0.25, 0.3) is 6.08 Å². The molecule has 2 heterocycles. The highest BCUT2D eigenvalue weighted by atomic mass is 35.5. The molecule has 7 heteroatoms. The van der Waals surface area contributed by atoms with Crippen LogP contribution in [0.4, 0.5) is 4.79 Å². The first-order valence-corrected chi connectivity index (χ1v) is 8.64. The Hall–Kier alpha value is -2.18. The van der Waals surface area contributed by atoms with Gasteiger partial charge in [0.05, 0.1) is 0 Å². The first kappa shape index (κ1) is 16.7. The maximum absolute atomic E-state index is 12.2. The molecule has 1 aromatic heterocycles. The van der Waals surface area contributed by atoms with E-state index in [0.717, 1.165) is 11.3 Å². The number of amides is 3. The molecule has 124 valence electrons. The molecule has 0 atom stereocenters. The third-order valence-electron chi connectivity index (χ3n) is 3.33. The van der Waals surface area contributed by atoms with Gasteiger partial charge in [-0.25, -0.2) is 4.79 Å². The van der Waals surface area contributed by atoms with Crippen molar-refractivity contribution >= 4 is 41.4 Å². The number of hydrogen-bond donors (Lipinski definition) is 1. The third kappa shape index (κ3) is 3.66. The molecular formula is C17H15ClN2O3S. The third-order valence-corrected chi connectivity index (χ3v) is 4.51. The standard InChI is InChI=1S/C17H15ClN2O3S/c1-2-9-20-16(21)14(19-17(20)22)10-12-5-8-15(23-12)24-13-6-3-11(18)4-7-13/h3-8,10H,2,9H2,1H3,(H,19,22)/b14-10+. The molecule has 0 spiro atoms. The number of nitrogens with zero attached hydrogens (tertiary/aromatic N) is 1. The minimum absolute atomic E-state index is 0.228. The number of carbonyl (C=O) groups is 2. The highest BCUT2D eigenvalue weighted by Crippen LogP contribution is 2.30. The van der Waals surface area contributed by atoms with Crippen LogP contribution in [-0.2, 0) is 4.79 Å². The lowest BCUT2D eigenvalue weighted by atomic mass is 10.3. The van der Waals surface area contributed by atoms with Crippen LogP contribution >= 0.6 is 23.4 Å². The Morgan fingerprint density at radius 1 is 1.21 bits per heavy atom. The molecule has 1 aromatic carbocycles. The summed E-state index contributed by atoms with van der Waals surface area (Å²) in [6, 6.07) is 10.6. The minimum Gasteiger partial charge on any atom is -0.450 e. The van der Waals surface area contributed by atoms with Gasteiger partial charge in [0.2, 0.25) is 0 Å². The highest BCUT2D eigenvalue weighted by Gasteiger charge is 2.32. The van der Waals surface area contributed by atoms with Crippen LogP contribution in [0.1, 0.15) is 19.1 Å². The fourth-order valence-corrected chi connectivity index (χ4v) is 3.13. The SMILES string of the molecule is CCCN1C(=O)N/C(=C/c2ccc(Sc3ccc(Cl)cc3)o2)C1=O. The van der Waals surface area contributed by atoms with Crippen molar-refractivity contribution in [3.63, 3.8) is 0 Å². The van der Waals surface area contributed by atoms with Gasteiger partial charge in [0, 0.05) is 22.5 Å². The summed E-state index contributed by atoms with van der Waals surface area (Å²) < 4.78 is 5.69. The van der Waals surface area contributed by atoms with E-state index in [1.807, 2.05) is 37.3 Å². The molecule has 1 fully saturated rings. The van der Waals surface area contributed by atoms with Crippen molar-refractivity contribution < 1.29 is 14.0 Å². The van der Waals surface area contributed by atoms with Gasteiger partial charge in [0.15, 0.2) is 5.09 Å². The van der Waals surface area contributed by atoms with Crippen LogP contribution in [0.5, 0.6) is 0 Å². The second-order valence-corrected chi connectivity index (χ2v) is 6.67. The van der Waals surface area contributed by atoms with Crippen molar-refractivity contribution in [2.45, 2.75) is 23.3 Å². The Bertz CT molecular complexity index is 798. The van der Waals surface area contributed by atoms with Gasteiger partial charge in [0.25, 0.3) is 5.91 Å². The Kier molecular flexibility index (Phi) is 4.97. The van der Waals surface area contributed by atoms with Crippen molar-refractivity contribution in [2.75, 3.05) is 6.54 Å². The van der Waals surface area contributed by atoms with Gasteiger partial charge in [-0.15, -0.1) is 0 Å². The number of rotatable bonds is 5. The van der Waals surface area contributed by atoms with Crippen LogP contribution in [-0.4, -0.2) is 23.4 Å². The first-order chi connectivity index (χ1) is 11.6. The Labute approximate surface area is 148 Å². The zero-order valence-electron chi connectivity index (χ0n) is 12.9. The number of nitrogens with one attached hydrogen (secondary N) is 1. The van der Waals surface area contributed by atoms with Gasteiger partial charge in [-0.2, -0.15) is 0 Å². The van der Waals surface area contributed by atoms with E-state index in [4.69, 9.17) is 16.0 Å². The van der Waals surface area contributed by atoms with Gasteiger partial charge < -0.3 is 9.73 Å². The molecule has 0 radical (unpaired) electrons. The van der Waals surface area contributed by atoms with E-state index < -0.39 is 6.03 Å². The molecule has 0 aliphatic carbocycles. The zero-order valence-corrected chi connectivity index (χ0v) is 14.5. The molecule has 3 amide bonds. The van der Waals surface area contributed by atoms with E-state index in [1.165, 1.54) is 16.7 Å². The number of urea groups is 1. The molecule has 1 saturated heterocycles. The van der Waals surface area contributed by atoms with Crippen LogP contribution in [0.15, 0.2) is 56.5 Å². The second-order valence-electron chi connectivity index (χ2n) is 5.16. The molecular weight excluding hydrogens is 348 g/mol. The summed E-state index contributed by atoms with van der Waals surface area (Å²) in [5, 5.41) is 3.93. The summed E-state index contributed by atoms with van der Waals surface area (Å²) >= 11 is 7.31. The van der Waals surface area contributed by atoms with Gasteiger partial charge in [-0.1, -0.05) is 30.3 Å². The lowest BCUT2D eigenvalue weighted by molar-refractivity contribution is -0.122. The van der Waals surface area contributed by atoms with Crippen LogP contribution in [0.3, 0.4) is 0 Å². The van der Waals surface area contributed by atoms with Crippen molar-refractivity contribution in [1.82, 2.24) is 10.2 Å². The van der Waals surface area contributed by atoms with Crippen molar-refractivity contribution in [3.8, 4) is 0 Å². The van der Waals surface area contributed by atoms with E-state index in [9.17, 15) is 9.59 Å². The van der Waals surface area contributed by atoms with E-state index in [1.54, 1.807) is 12.1 Å². The fourth-order valence-electron chi connectivity index (χ4n) is 2.23. The Morgan fingerprint density at radius 2 is 1.96 bits per heavy atom. The number of halogens is 1. The van der Waals surface area contributed by atoms with Crippen molar-refractivity contribution in [2.24, 2.45) is 0 Å². The molecule has 1 aliphatic heterocycles. The summed E-state index contributed by atoms with van der Waals surface area (Å²) in [5.41, 5.74) is 0.228. The average Bonchev–Trinajstić information content (AvgIpc) is 3.10. The van der Waals surface area contributed by atoms with Crippen molar-refractivity contribution in [1.29, 1.82) is 0 Å². The van der Waals surface area contributed by atoms with Crippen molar-refractivity contribution in [3.05, 3.63) is 52.9 Å². The fraction of sp³-hybridized carbons (Fsp3) is 0.176. The normalized spacial score (nSPS) is 16.1. The largest absolute Gasteiger partial charge is 0.450 e. The quantitative estimate of drug-likeness (QED) is 0.633. The van der Waals surface area contributed by atoms with E-state index >= 15 is 0 Å². The van der Waals surface area contributed by atoms with Gasteiger partial charge in [0.1, 0.15) is 11.5 Å². The first-order valence-electron chi connectivity index (χ1n) is 7.44. The lowest BCUT2D eigenvalue weighted by Gasteiger charge is -2.08. The second kappa shape index (κ2) is 7.15. The van der Waals surface area contributed by atoms with Gasteiger partial charge in [-0.05, 0) is 42.8 Å². The maximum atomic E-state index is 12.2. The molecule has 0 bridgehead atoms. The summed E-state index contributed by atoms with van der Waals surface area (Å²) in [6.07, 6.45) is 2.26. The average molecular weight is 363 g/mol. The maximum Gasteiger partial charge on any atom is 0.329 e. The number of imide groups is 1. The minimum atomic E-state index is -0.393. The summed E-state index contributed by atoms with van der Waals surface area (Å²) in [5.74, 6) is 0.179. The lowest BCUT2D eigenvalue weighted by Crippen LogP contribution is -2.31. The van der Waals surface area contributed by atoms with Gasteiger partial charge in [-0.3, -0.25) is 9.69 Å². The molecule has 1 aliphatic rings. The number of furan rings is 1. The van der Waals surface area contributed by atoms with E-state index in [0.29, 0.717) is 22.4 Å². The molecule has 24 heavy (non-hydrogen) atoms. The molecule has 0 saturated carbocycles. The number of hydrogen-bond acceptors (Lipinski definition) is 4. The number of carbonyl (C=O) groups excluding carboxylic acids is 2. The molecule has 2 aromatic rings. The van der Waals surface area contributed by atoms with E-state index in [2.05, 4.69) is 5.32 Å². The van der Waals surface area contributed by atoms with Crippen LogP contribution < -0.4 is 5.32 Å². The molecule has 5 nitrogen and oxygen atoms in total. The van der Waals surface area contributed by atoms with Crippen LogP contribution in [0.2, 0.25) is 5.02 Å². The van der Waals surface area contributed by atoms with E-state index in [-0.39, 0.29) is 11.6 Å². The Morgan fingerprint density at radius 3 is 2.67 bits per heavy atom. The smallest absolute Gasteiger partial charge is 0.329 e. The van der Waals surface area contributed by atoms with Crippen LogP contribution in [0, 0.1) is 0 Å². The Balaban J connectivity index is 1.73. The van der Waals surface area contributed by atoms with Gasteiger partial charge >= 0.3 is 6.03 Å². The molecule has 0 unspecified atom stereocenters. The predicted octanol–water partition coefficient (Wildman–Crippen LogP) is 4.39. The zero-order chi connectivity index (χ0) is 17.1. The predicted molar refractivity (Wildman–Crippen MR) is 92.8 cm³/mol. The summed E-state index contributed by atoms with van der Waals surface area (Å²) in [7, 11) is 0. The number of benzene rings is 1. The topological polar surface area (TPSA) is 62.6 Å². The molecule has 1 N–H and O–H groups in total. The monoisotopic (exact) mass is 362 g/mol. The summed E-state index contributed by atoms with van der Waals surface area (Å²) in [6.45, 7) is 2.31.